The number of rotatable bonds is 43. The second-order valence-electron chi connectivity index (χ2n) is 18.3. The Balaban J connectivity index is 2.36. The molecule has 0 spiro atoms. The Morgan fingerprint density at radius 1 is 0.517 bits per heavy atom. The summed E-state index contributed by atoms with van der Waals surface area (Å²) in [5, 5.41) is 75.8. The molecule has 358 valence electrons. The SMILES string of the molecule is CCCCCCCCCCCCCCCCCCCCCC[C@@H](O)C(=O)N[C@@H](CO[C@H]1O[C@H](CO)[C@H](O)[C@H](O)[C@H]1O)[C@H](O)[C@H](O)CCCCCCCCCCCCCCC. The first-order valence-electron chi connectivity index (χ1n) is 25.4. The minimum absolute atomic E-state index is 0.267. The molecule has 0 bridgehead atoms. The number of unbranched alkanes of at least 4 members (excludes halogenated alkanes) is 31. The van der Waals surface area contributed by atoms with Crippen LogP contribution in [-0.2, 0) is 14.3 Å². The fourth-order valence-electron chi connectivity index (χ4n) is 8.44. The number of hydrogen-bond donors (Lipinski definition) is 8. The highest BCUT2D eigenvalue weighted by molar-refractivity contribution is 5.80. The van der Waals surface area contributed by atoms with Crippen LogP contribution in [0.3, 0.4) is 0 Å². The molecule has 11 nitrogen and oxygen atoms in total. The number of aliphatic hydroxyl groups is 7. The normalized spacial score (nSPS) is 21.5. The van der Waals surface area contributed by atoms with E-state index in [2.05, 4.69) is 19.2 Å². The highest BCUT2D eigenvalue weighted by Gasteiger charge is 2.44. The molecule has 0 aliphatic carbocycles. The quantitative estimate of drug-likeness (QED) is 0.0275. The zero-order valence-electron chi connectivity index (χ0n) is 38.7. The molecule has 1 aliphatic rings. The van der Waals surface area contributed by atoms with Crippen molar-refractivity contribution in [2.75, 3.05) is 13.2 Å². The van der Waals surface area contributed by atoms with E-state index < -0.39 is 74.2 Å². The van der Waals surface area contributed by atoms with Crippen LogP contribution in [0.15, 0.2) is 0 Å². The molecule has 1 fully saturated rings. The molecule has 9 atom stereocenters. The summed E-state index contributed by atoms with van der Waals surface area (Å²) in [5.74, 6) is -0.692. The van der Waals surface area contributed by atoms with Crippen LogP contribution in [0.2, 0.25) is 0 Å². The van der Waals surface area contributed by atoms with Crippen molar-refractivity contribution in [2.24, 2.45) is 0 Å². The molecule has 1 saturated heterocycles. The number of ether oxygens (including phenoxy) is 2. The van der Waals surface area contributed by atoms with Gasteiger partial charge in [0.15, 0.2) is 6.29 Å². The summed E-state index contributed by atoms with van der Waals surface area (Å²) in [4.78, 5) is 13.1. The molecule has 60 heavy (non-hydrogen) atoms. The third-order valence-electron chi connectivity index (χ3n) is 12.7. The Kier molecular flexibility index (Phi) is 37.8. The van der Waals surface area contributed by atoms with Gasteiger partial charge in [-0.2, -0.15) is 0 Å². The molecule has 0 saturated carbocycles. The van der Waals surface area contributed by atoms with Gasteiger partial charge in [-0.15, -0.1) is 0 Å². The van der Waals surface area contributed by atoms with Gasteiger partial charge in [0.2, 0.25) is 5.91 Å². The van der Waals surface area contributed by atoms with Gasteiger partial charge < -0.3 is 50.5 Å². The predicted octanol–water partition coefficient (Wildman–Crippen LogP) is 9.06. The molecule has 0 radical (unpaired) electrons. The molecular weight excluding hydrogens is 763 g/mol. The molecule has 0 unspecified atom stereocenters. The lowest BCUT2D eigenvalue weighted by Gasteiger charge is -2.40. The molecule has 1 heterocycles. The van der Waals surface area contributed by atoms with Crippen molar-refractivity contribution < 1.29 is 50.0 Å². The van der Waals surface area contributed by atoms with E-state index in [4.69, 9.17) is 9.47 Å². The molecule has 0 aromatic rings. The number of amides is 1. The molecule has 0 aromatic carbocycles. The molecule has 0 aromatic heterocycles. The summed E-state index contributed by atoms with van der Waals surface area (Å²) in [6, 6.07) is -1.16. The van der Waals surface area contributed by atoms with Crippen molar-refractivity contribution in [1.29, 1.82) is 0 Å². The van der Waals surface area contributed by atoms with Crippen molar-refractivity contribution in [1.82, 2.24) is 5.32 Å². The zero-order valence-corrected chi connectivity index (χ0v) is 38.7. The van der Waals surface area contributed by atoms with Crippen LogP contribution in [0, 0.1) is 0 Å². The fraction of sp³-hybridized carbons (Fsp3) is 0.980. The summed E-state index contributed by atoms with van der Waals surface area (Å²) in [6.07, 6.45) is 30.0. The van der Waals surface area contributed by atoms with Crippen molar-refractivity contribution in [3.8, 4) is 0 Å². The maximum absolute atomic E-state index is 13.1. The van der Waals surface area contributed by atoms with Gasteiger partial charge in [-0.3, -0.25) is 4.79 Å². The minimum Gasteiger partial charge on any atom is -0.394 e. The van der Waals surface area contributed by atoms with Gasteiger partial charge in [-0.25, -0.2) is 0 Å². The smallest absolute Gasteiger partial charge is 0.249 e. The molecule has 1 amide bonds. The molecule has 8 N–H and O–H groups in total. The average Bonchev–Trinajstić information content (AvgIpc) is 3.25. The largest absolute Gasteiger partial charge is 0.394 e. The summed E-state index contributed by atoms with van der Waals surface area (Å²) in [6.45, 7) is 3.46. The highest BCUT2D eigenvalue weighted by Crippen LogP contribution is 2.23. The Hall–Kier alpha value is -0.890. The zero-order chi connectivity index (χ0) is 44.1. The minimum atomic E-state index is -1.66. The third-order valence-corrected chi connectivity index (χ3v) is 12.7. The van der Waals surface area contributed by atoms with Crippen molar-refractivity contribution in [3.63, 3.8) is 0 Å². The first kappa shape index (κ1) is 57.1. The highest BCUT2D eigenvalue weighted by atomic mass is 16.7. The molecule has 1 rings (SSSR count). The monoisotopic (exact) mass is 860 g/mol. The summed E-state index contributed by atoms with van der Waals surface area (Å²) in [7, 11) is 0. The standard InChI is InChI=1S/C49H97NO10/c1-3-5-7-9-11-13-15-17-18-19-20-21-22-23-25-27-29-31-33-35-37-42(53)48(58)50-40(39-59-49-47(57)46(56)45(55)43(38-51)60-49)44(54)41(52)36-34-32-30-28-26-24-16-14-12-10-8-6-4-2/h40-47,49,51-57H,3-39H2,1-2H3,(H,50,58)/t40-,41+,42+,43+,44-,45-,46-,47+,49-/m0/s1. The number of nitrogens with one attached hydrogen (secondary N) is 1. The second-order valence-corrected chi connectivity index (χ2v) is 18.3. The first-order valence-corrected chi connectivity index (χ1v) is 25.4. The van der Waals surface area contributed by atoms with E-state index in [1.54, 1.807) is 0 Å². The molecule has 1 aliphatic heterocycles. The Morgan fingerprint density at radius 3 is 1.23 bits per heavy atom. The van der Waals surface area contributed by atoms with Crippen LogP contribution >= 0.6 is 0 Å². The number of carbonyl (C=O) groups excluding carboxylic acids is 1. The third kappa shape index (κ3) is 28.7. The number of aliphatic hydroxyl groups excluding tert-OH is 7. The number of hydrogen-bond acceptors (Lipinski definition) is 10. The molecular formula is C49H97NO10. The summed E-state index contributed by atoms with van der Waals surface area (Å²) in [5.41, 5.74) is 0. The van der Waals surface area contributed by atoms with Gasteiger partial charge in [-0.05, 0) is 12.8 Å². The van der Waals surface area contributed by atoms with E-state index >= 15 is 0 Å². The van der Waals surface area contributed by atoms with E-state index in [-0.39, 0.29) is 6.42 Å². The average molecular weight is 860 g/mol. The van der Waals surface area contributed by atoms with Gasteiger partial charge in [0.1, 0.15) is 36.6 Å². The van der Waals surface area contributed by atoms with Gasteiger partial charge in [0.05, 0.1) is 25.4 Å². The fourth-order valence-corrected chi connectivity index (χ4v) is 8.44. The van der Waals surface area contributed by atoms with Gasteiger partial charge in [-0.1, -0.05) is 226 Å². The Morgan fingerprint density at radius 2 is 0.867 bits per heavy atom. The van der Waals surface area contributed by atoms with Gasteiger partial charge >= 0.3 is 0 Å². The van der Waals surface area contributed by atoms with E-state index in [1.165, 1.54) is 161 Å². The Labute approximate surface area is 367 Å². The van der Waals surface area contributed by atoms with E-state index in [1.807, 2.05) is 0 Å². The van der Waals surface area contributed by atoms with Gasteiger partial charge in [0.25, 0.3) is 0 Å². The van der Waals surface area contributed by atoms with Crippen LogP contribution < -0.4 is 5.32 Å². The van der Waals surface area contributed by atoms with Crippen LogP contribution in [0.1, 0.15) is 239 Å². The van der Waals surface area contributed by atoms with Crippen LogP contribution in [0.4, 0.5) is 0 Å². The van der Waals surface area contributed by atoms with E-state index in [0.717, 1.165) is 38.5 Å². The van der Waals surface area contributed by atoms with E-state index in [0.29, 0.717) is 19.3 Å². The molecule has 11 heteroatoms. The van der Waals surface area contributed by atoms with E-state index in [9.17, 15) is 40.5 Å². The second kappa shape index (κ2) is 39.7. The van der Waals surface area contributed by atoms with Crippen LogP contribution in [-0.4, -0.2) is 110 Å². The van der Waals surface area contributed by atoms with Crippen molar-refractivity contribution >= 4 is 5.91 Å². The van der Waals surface area contributed by atoms with Crippen LogP contribution in [0.5, 0.6) is 0 Å². The summed E-state index contributed by atoms with van der Waals surface area (Å²) >= 11 is 0. The maximum atomic E-state index is 13.1. The maximum Gasteiger partial charge on any atom is 0.249 e. The Bertz CT molecular complexity index is 944. The predicted molar refractivity (Wildman–Crippen MR) is 243 cm³/mol. The van der Waals surface area contributed by atoms with Gasteiger partial charge in [0, 0.05) is 0 Å². The lowest BCUT2D eigenvalue weighted by atomic mass is 9.98. The van der Waals surface area contributed by atoms with Crippen molar-refractivity contribution in [3.05, 3.63) is 0 Å². The lowest BCUT2D eigenvalue weighted by molar-refractivity contribution is -0.303. The topological polar surface area (TPSA) is 189 Å². The van der Waals surface area contributed by atoms with Crippen molar-refractivity contribution in [2.45, 2.75) is 294 Å². The van der Waals surface area contributed by atoms with Crippen LogP contribution in [0.25, 0.3) is 0 Å². The lowest BCUT2D eigenvalue weighted by Crippen LogP contribution is -2.60. The summed E-state index contributed by atoms with van der Waals surface area (Å²) < 4.78 is 11.1. The first-order chi connectivity index (χ1) is 29.2. The number of carbonyl (C=O) groups is 1.